The van der Waals surface area contributed by atoms with Crippen molar-refractivity contribution in [2.75, 3.05) is 24.4 Å². The molecule has 0 radical (unpaired) electrons. The first kappa shape index (κ1) is 22.2. The molecule has 2 bridgehead atoms. The van der Waals surface area contributed by atoms with E-state index in [1.165, 1.54) is 29.0 Å². The molecule has 6 rings (SSSR count). The van der Waals surface area contributed by atoms with E-state index >= 15 is 0 Å². The molecule has 6 heteroatoms. The number of fused-ring (bicyclic) bond motifs is 2. The van der Waals surface area contributed by atoms with Gasteiger partial charge < -0.3 is 4.90 Å². The highest BCUT2D eigenvalue weighted by Crippen LogP contribution is 2.59. The van der Waals surface area contributed by atoms with Crippen LogP contribution in [0.3, 0.4) is 0 Å². The molecule has 1 aromatic heterocycles. The Morgan fingerprint density at radius 1 is 1.15 bits per heavy atom. The van der Waals surface area contributed by atoms with E-state index in [-0.39, 0.29) is 5.41 Å². The molecule has 3 fully saturated rings. The van der Waals surface area contributed by atoms with Crippen LogP contribution in [-0.2, 0) is 0 Å². The first-order chi connectivity index (χ1) is 15.8. The number of thiazole rings is 1. The Labute approximate surface area is 205 Å². The number of anilines is 2. The topological polar surface area (TPSA) is 40.5 Å². The maximum absolute atomic E-state index is 6.35. The summed E-state index contributed by atoms with van der Waals surface area (Å²) in [6, 6.07) is 16.5. The number of hydrazone groups is 1. The van der Waals surface area contributed by atoms with Gasteiger partial charge in [0, 0.05) is 41.7 Å². The fourth-order valence-corrected chi connectivity index (χ4v) is 5.88. The number of hydrogen-bond donors (Lipinski definition) is 1. The predicted molar refractivity (Wildman–Crippen MR) is 142 cm³/mol. The summed E-state index contributed by atoms with van der Waals surface area (Å²) < 4.78 is 0. The number of allylic oxidation sites excluding steroid dienone is 1. The highest BCUT2D eigenvalue weighted by molar-refractivity contribution is 7.14. The molecule has 0 saturated heterocycles. The number of nitrogens with zero attached hydrogens (tertiary/aromatic N) is 3. The molecule has 4 nitrogen and oxygen atoms in total. The van der Waals surface area contributed by atoms with Gasteiger partial charge in [0.2, 0.25) is 5.13 Å². The zero-order valence-corrected chi connectivity index (χ0v) is 21.0. The zero-order valence-electron chi connectivity index (χ0n) is 19.5. The average Bonchev–Trinajstić information content (AvgIpc) is 3.27. The molecule has 3 aliphatic carbocycles. The summed E-state index contributed by atoms with van der Waals surface area (Å²) in [5.74, 6) is 1.19. The van der Waals surface area contributed by atoms with Crippen LogP contribution in [0.2, 0.25) is 5.02 Å². The minimum absolute atomic E-state index is 0.290. The van der Waals surface area contributed by atoms with Gasteiger partial charge in [-0.2, -0.15) is 5.10 Å². The van der Waals surface area contributed by atoms with Gasteiger partial charge in [0.1, 0.15) is 0 Å². The van der Waals surface area contributed by atoms with Crippen LogP contribution >= 0.6 is 22.9 Å². The van der Waals surface area contributed by atoms with E-state index in [4.69, 9.17) is 21.7 Å². The number of hydrogen-bond acceptors (Lipinski definition) is 5. The van der Waals surface area contributed by atoms with Crippen molar-refractivity contribution in [3.05, 3.63) is 70.1 Å². The van der Waals surface area contributed by atoms with E-state index in [0.717, 1.165) is 28.7 Å². The minimum Gasteiger partial charge on any atom is -0.378 e. The summed E-state index contributed by atoms with van der Waals surface area (Å²) in [5, 5.41) is 8.44. The van der Waals surface area contributed by atoms with Crippen molar-refractivity contribution in [2.45, 2.75) is 26.7 Å². The van der Waals surface area contributed by atoms with Gasteiger partial charge in [-0.3, -0.25) is 5.43 Å². The fraction of sp³-hybridized carbons (Fsp3) is 0.333. The van der Waals surface area contributed by atoms with Crippen LogP contribution in [0.15, 0.2) is 64.6 Å². The summed E-state index contributed by atoms with van der Waals surface area (Å²) in [7, 11) is 4.13. The largest absolute Gasteiger partial charge is 0.378 e. The van der Waals surface area contributed by atoms with Gasteiger partial charge in [-0.25, -0.2) is 4.98 Å². The summed E-state index contributed by atoms with van der Waals surface area (Å²) in [4.78, 5) is 6.85. The van der Waals surface area contributed by atoms with E-state index in [9.17, 15) is 0 Å². The van der Waals surface area contributed by atoms with Gasteiger partial charge in [0.15, 0.2) is 0 Å². The SMILES string of the molecule is CN(C)c1ccc(C=C2CC3CC(C2=NNc2nc(-c4ccccc4Cl)cs2)C3(C)C)cc1. The lowest BCUT2D eigenvalue weighted by Gasteiger charge is -2.57. The normalized spacial score (nSPS) is 23.4. The molecule has 2 unspecified atom stereocenters. The van der Waals surface area contributed by atoms with E-state index in [2.05, 4.69) is 68.6 Å². The molecule has 170 valence electrons. The standard InChI is InChI=1S/C27H29ClN4S/c1-27(2)19-14-18(13-17-9-11-20(12-10-17)32(3)4)25(22(27)15-19)30-31-26-29-24(16-33-26)21-7-5-6-8-23(21)28/h5-13,16,19,22H,14-15H2,1-4H3,(H,29,31). The van der Waals surface area contributed by atoms with Crippen LogP contribution in [0.25, 0.3) is 17.3 Å². The molecule has 1 N–H and O–H groups in total. The highest BCUT2D eigenvalue weighted by atomic mass is 35.5. The van der Waals surface area contributed by atoms with Crippen molar-refractivity contribution in [2.24, 2.45) is 22.4 Å². The third-order valence-electron chi connectivity index (χ3n) is 7.27. The summed E-state index contributed by atoms with van der Waals surface area (Å²) in [6.07, 6.45) is 4.60. The summed E-state index contributed by atoms with van der Waals surface area (Å²) in [5.41, 5.74) is 10.3. The second-order valence-corrected chi connectivity index (χ2v) is 11.1. The Balaban J connectivity index is 1.42. The zero-order chi connectivity index (χ0) is 23.2. The number of rotatable bonds is 5. The van der Waals surface area contributed by atoms with Gasteiger partial charge in [0.25, 0.3) is 0 Å². The lowest BCUT2D eigenvalue weighted by molar-refractivity contribution is 0.0143. The molecule has 33 heavy (non-hydrogen) atoms. The second-order valence-electron chi connectivity index (χ2n) is 9.79. The van der Waals surface area contributed by atoms with Crippen molar-refractivity contribution in [3.63, 3.8) is 0 Å². The molecule has 3 aromatic rings. The molecule has 1 heterocycles. The number of halogens is 1. The second kappa shape index (κ2) is 8.62. The van der Waals surface area contributed by atoms with Crippen molar-refractivity contribution < 1.29 is 0 Å². The van der Waals surface area contributed by atoms with Crippen molar-refractivity contribution in [1.29, 1.82) is 0 Å². The van der Waals surface area contributed by atoms with Crippen LogP contribution in [0, 0.1) is 17.3 Å². The molecule has 0 spiro atoms. The van der Waals surface area contributed by atoms with Crippen LogP contribution in [0.4, 0.5) is 10.8 Å². The van der Waals surface area contributed by atoms with Gasteiger partial charge in [-0.05, 0) is 59.6 Å². The lowest BCUT2D eigenvalue weighted by Crippen LogP contribution is -2.53. The Kier molecular flexibility index (Phi) is 5.79. The Morgan fingerprint density at radius 3 is 2.61 bits per heavy atom. The third-order valence-corrected chi connectivity index (χ3v) is 8.35. The van der Waals surface area contributed by atoms with Crippen LogP contribution in [-0.4, -0.2) is 24.8 Å². The molecule has 2 atom stereocenters. The maximum atomic E-state index is 6.35. The van der Waals surface area contributed by atoms with Crippen LogP contribution in [0.1, 0.15) is 32.3 Å². The van der Waals surface area contributed by atoms with E-state index in [0.29, 0.717) is 10.9 Å². The molecule has 0 aliphatic heterocycles. The van der Waals surface area contributed by atoms with Gasteiger partial charge >= 0.3 is 0 Å². The first-order valence-electron chi connectivity index (χ1n) is 11.4. The van der Waals surface area contributed by atoms with Crippen molar-refractivity contribution >= 4 is 45.5 Å². The van der Waals surface area contributed by atoms with Gasteiger partial charge in [0.05, 0.1) is 11.4 Å². The quantitative estimate of drug-likeness (QED) is 0.389. The van der Waals surface area contributed by atoms with Crippen LogP contribution < -0.4 is 10.3 Å². The maximum Gasteiger partial charge on any atom is 0.203 e. The number of benzene rings is 2. The van der Waals surface area contributed by atoms with Crippen LogP contribution in [0.5, 0.6) is 0 Å². The molecule has 3 aliphatic rings. The van der Waals surface area contributed by atoms with Gasteiger partial charge in [-0.1, -0.05) is 55.8 Å². The molecule has 0 amide bonds. The third kappa shape index (κ3) is 4.20. The highest BCUT2D eigenvalue weighted by Gasteiger charge is 2.54. The van der Waals surface area contributed by atoms with Gasteiger partial charge in [-0.15, -0.1) is 11.3 Å². The van der Waals surface area contributed by atoms with E-state index in [1.807, 2.05) is 29.6 Å². The molecular weight excluding hydrogens is 448 g/mol. The smallest absolute Gasteiger partial charge is 0.203 e. The number of aromatic nitrogens is 1. The summed E-state index contributed by atoms with van der Waals surface area (Å²) >= 11 is 7.91. The Hall–Kier alpha value is -2.63. The molecule has 2 aromatic carbocycles. The van der Waals surface area contributed by atoms with E-state index < -0.39 is 0 Å². The fourth-order valence-electron chi connectivity index (χ4n) is 5.00. The monoisotopic (exact) mass is 476 g/mol. The Bertz CT molecular complexity index is 1220. The molecule has 3 saturated carbocycles. The number of nitrogens with one attached hydrogen (secondary N) is 1. The average molecular weight is 477 g/mol. The lowest BCUT2D eigenvalue weighted by atomic mass is 9.47. The summed E-state index contributed by atoms with van der Waals surface area (Å²) in [6.45, 7) is 4.76. The van der Waals surface area contributed by atoms with Crippen molar-refractivity contribution in [3.8, 4) is 11.3 Å². The molecular formula is C27H29ClN4S. The Morgan fingerprint density at radius 2 is 1.91 bits per heavy atom. The van der Waals surface area contributed by atoms with Crippen molar-refractivity contribution in [1.82, 2.24) is 4.98 Å². The van der Waals surface area contributed by atoms with E-state index in [1.54, 1.807) is 11.3 Å². The minimum atomic E-state index is 0.290. The predicted octanol–water partition coefficient (Wildman–Crippen LogP) is 7.45. The first-order valence-corrected chi connectivity index (χ1v) is 12.6.